The Morgan fingerprint density at radius 2 is 1.72 bits per heavy atom. The minimum Gasteiger partial charge on any atom is -0.385 e. The Morgan fingerprint density at radius 3 is 2.33 bits per heavy atom. The van der Waals surface area contributed by atoms with Gasteiger partial charge in [0.1, 0.15) is 0 Å². The second-order valence-electron chi connectivity index (χ2n) is 4.50. The Balaban J connectivity index is 2.25. The predicted octanol–water partition coefficient (Wildman–Crippen LogP) is 3.43. The first-order valence-electron chi connectivity index (χ1n) is 6.84. The largest absolute Gasteiger partial charge is 0.385 e. The first kappa shape index (κ1) is 14.6. The smallest absolute Gasteiger partial charge is 0.251 e. The third-order valence-corrected chi connectivity index (χ3v) is 2.98. The summed E-state index contributed by atoms with van der Waals surface area (Å²) < 4.78 is 0. The van der Waals surface area contributed by atoms with E-state index in [1.807, 2.05) is 24.3 Å². The van der Waals surface area contributed by atoms with Crippen LogP contribution >= 0.6 is 0 Å². The van der Waals surface area contributed by atoms with Crippen LogP contribution in [0.2, 0.25) is 0 Å². The fourth-order valence-electron chi connectivity index (χ4n) is 1.85. The lowest BCUT2D eigenvalue weighted by atomic mass is 10.1. The predicted molar refractivity (Wildman–Crippen MR) is 77.1 cm³/mol. The van der Waals surface area contributed by atoms with Gasteiger partial charge in [0.15, 0.2) is 0 Å². The van der Waals surface area contributed by atoms with Crippen molar-refractivity contribution < 1.29 is 4.79 Å². The number of benzene rings is 1. The van der Waals surface area contributed by atoms with Crippen LogP contribution in [0.15, 0.2) is 24.3 Å². The van der Waals surface area contributed by atoms with Crippen LogP contribution in [0.3, 0.4) is 0 Å². The van der Waals surface area contributed by atoms with Crippen molar-refractivity contribution in [2.24, 2.45) is 0 Å². The zero-order valence-electron chi connectivity index (χ0n) is 11.5. The van der Waals surface area contributed by atoms with Gasteiger partial charge in [-0.1, -0.05) is 32.6 Å². The minimum absolute atomic E-state index is 0.0406. The van der Waals surface area contributed by atoms with Crippen molar-refractivity contribution in [3.8, 4) is 0 Å². The third-order valence-electron chi connectivity index (χ3n) is 2.98. The van der Waals surface area contributed by atoms with Crippen molar-refractivity contribution in [3.63, 3.8) is 0 Å². The SMILES string of the molecule is CCCCCCCNc1ccc(C(=O)NC)cc1. The number of unbranched alkanes of at least 4 members (excludes halogenated alkanes) is 4. The van der Waals surface area contributed by atoms with E-state index < -0.39 is 0 Å². The quantitative estimate of drug-likeness (QED) is 0.692. The summed E-state index contributed by atoms with van der Waals surface area (Å²) in [7, 11) is 1.64. The Labute approximate surface area is 110 Å². The molecule has 100 valence electrons. The zero-order valence-corrected chi connectivity index (χ0v) is 11.5. The van der Waals surface area contributed by atoms with Gasteiger partial charge in [-0.2, -0.15) is 0 Å². The van der Waals surface area contributed by atoms with Gasteiger partial charge in [0.25, 0.3) is 5.91 Å². The molecule has 0 aromatic heterocycles. The number of nitrogens with one attached hydrogen (secondary N) is 2. The molecular formula is C15H24N2O. The molecule has 0 aliphatic rings. The molecule has 0 radical (unpaired) electrons. The van der Waals surface area contributed by atoms with Gasteiger partial charge < -0.3 is 10.6 Å². The summed E-state index contributed by atoms with van der Waals surface area (Å²) in [6.45, 7) is 3.23. The highest BCUT2D eigenvalue weighted by Gasteiger charge is 2.01. The molecule has 2 N–H and O–H groups in total. The fourth-order valence-corrected chi connectivity index (χ4v) is 1.85. The summed E-state index contributed by atoms with van der Waals surface area (Å²) in [4.78, 5) is 11.4. The average Bonchev–Trinajstić information content (AvgIpc) is 2.42. The van der Waals surface area contributed by atoms with Gasteiger partial charge >= 0.3 is 0 Å². The average molecular weight is 248 g/mol. The third kappa shape index (κ3) is 5.21. The van der Waals surface area contributed by atoms with E-state index in [-0.39, 0.29) is 5.91 Å². The molecule has 0 saturated carbocycles. The molecule has 3 nitrogen and oxygen atoms in total. The first-order chi connectivity index (χ1) is 8.77. The monoisotopic (exact) mass is 248 g/mol. The molecule has 0 heterocycles. The number of anilines is 1. The minimum atomic E-state index is -0.0406. The van der Waals surface area contributed by atoms with Gasteiger partial charge in [0.2, 0.25) is 0 Å². The highest BCUT2D eigenvalue weighted by atomic mass is 16.1. The number of hydrogen-bond donors (Lipinski definition) is 2. The van der Waals surface area contributed by atoms with Crippen LogP contribution < -0.4 is 10.6 Å². The van der Waals surface area contributed by atoms with Crippen molar-refractivity contribution in [1.29, 1.82) is 0 Å². The van der Waals surface area contributed by atoms with E-state index in [0.29, 0.717) is 5.56 Å². The molecule has 0 atom stereocenters. The van der Waals surface area contributed by atoms with Crippen LogP contribution in [-0.2, 0) is 0 Å². The van der Waals surface area contributed by atoms with E-state index in [1.54, 1.807) is 7.05 Å². The molecular weight excluding hydrogens is 224 g/mol. The lowest BCUT2D eigenvalue weighted by molar-refractivity contribution is 0.0963. The molecule has 1 amide bonds. The molecule has 3 heteroatoms. The summed E-state index contributed by atoms with van der Waals surface area (Å²) in [6, 6.07) is 7.60. The van der Waals surface area contributed by atoms with E-state index in [1.165, 1.54) is 32.1 Å². The Hall–Kier alpha value is -1.51. The molecule has 1 rings (SSSR count). The summed E-state index contributed by atoms with van der Waals surface area (Å²) in [6.07, 6.45) is 6.44. The second-order valence-corrected chi connectivity index (χ2v) is 4.50. The van der Waals surface area contributed by atoms with Crippen LogP contribution in [0.25, 0.3) is 0 Å². The number of rotatable bonds is 8. The molecule has 18 heavy (non-hydrogen) atoms. The fraction of sp³-hybridized carbons (Fsp3) is 0.533. The Morgan fingerprint density at radius 1 is 1.06 bits per heavy atom. The standard InChI is InChI=1S/C15H24N2O/c1-3-4-5-6-7-12-17-14-10-8-13(9-11-14)15(18)16-2/h8-11,17H,3-7,12H2,1-2H3,(H,16,18). The van der Waals surface area contributed by atoms with E-state index in [4.69, 9.17) is 0 Å². The van der Waals surface area contributed by atoms with Gasteiger partial charge in [-0.25, -0.2) is 0 Å². The van der Waals surface area contributed by atoms with Gasteiger partial charge in [0, 0.05) is 24.8 Å². The molecule has 0 aliphatic heterocycles. The maximum Gasteiger partial charge on any atom is 0.251 e. The van der Waals surface area contributed by atoms with Crippen molar-refractivity contribution in [3.05, 3.63) is 29.8 Å². The maximum absolute atomic E-state index is 11.4. The maximum atomic E-state index is 11.4. The summed E-state index contributed by atoms with van der Waals surface area (Å²) in [5.74, 6) is -0.0406. The van der Waals surface area contributed by atoms with Gasteiger partial charge in [-0.05, 0) is 30.7 Å². The van der Waals surface area contributed by atoms with Crippen LogP contribution in [0.4, 0.5) is 5.69 Å². The van der Waals surface area contributed by atoms with Crippen LogP contribution in [-0.4, -0.2) is 19.5 Å². The highest BCUT2D eigenvalue weighted by molar-refractivity contribution is 5.94. The topological polar surface area (TPSA) is 41.1 Å². The molecule has 0 aliphatic carbocycles. The molecule has 1 aromatic rings. The van der Waals surface area contributed by atoms with E-state index in [0.717, 1.165) is 12.2 Å². The summed E-state index contributed by atoms with van der Waals surface area (Å²) in [5.41, 5.74) is 1.78. The summed E-state index contributed by atoms with van der Waals surface area (Å²) in [5, 5.41) is 5.99. The van der Waals surface area contributed by atoms with Gasteiger partial charge in [-0.15, -0.1) is 0 Å². The Kier molecular flexibility index (Phi) is 6.92. The zero-order chi connectivity index (χ0) is 13.2. The highest BCUT2D eigenvalue weighted by Crippen LogP contribution is 2.10. The lowest BCUT2D eigenvalue weighted by Crippen LogP contribution is -2.17. The molecule has 1 aromatic carbocycles. The molecule has 0 unspecified atom stereocenters. The summed E-state index contributed by atoms with van der Waals surface area (Å²) >= 11 is 0. The van der Waals surface area contributed by atoms with E-state index in [9.17, 15) is 4.79 Å². The van der Waals surface area contributed by atoms with E-state index in [2.05, 4.69) is 17.6 Å². The molecule has 0 spiro atoms. The van der Waals surface area contributed by atoms with Crippen molar-refractivity contribution in [2.75, 3.05) is 18.9 Å². The van der Waals surface area contributed by atoms with E-state index >= 15 is 0 Å². The Bertz CT molecular complexity index is 346. The van der Waals surface area contributed by atoms with Crippen LogP contribution in [0, 0.1) is 0 Å². The number of carbonyl (C=O) groups is 1. The van der Waals surface area contributed by atoms with Crippen molar-refractivity contribution >= 4 is 11.6 Å². The lowest BCUT2D eigenvalue weighted by Gasteiger charge is -2.07. The second kappa shape index (κ2) is 8.56. The van der Waals surface area contributed by atoms with Gasteiger partial charge in [0.05, 0.1) is 0 Å². The first-order valence-corrected chi connectivity index (χ1v) is 6.84. The number of carbonyl (C=O) groups excluding carboxylic acids is 1. The number of hydrogen-bond acceptors (Lipinski definition) is 2. The number of amides is 1. The molecule has 0 saturated heterocycles. The molecule has 0 fully saturated rings. The molecule has 0 bridgehead atoms. The van der Waals surface area contributed by atoms with Crippen LogP contribution in [0.1, 0.15) is 49.4 Å². The van der Waals surface area contributed by atoms with Crippen molar-refractivity contribution in [2.45, 2.75) is 39.0 Å². The van der Waals surface area contributed by atoms with Gasteiger partial charge in [-0.3, -0.25) is 4.79 Å². The van der Waals surface area contributed by atoms with Crippen LogP contribution in [0.5, 0.6) is 0 Å². The van der Waals surface area contributed by atoms with Crippen molar-refractivity contribution in [1.82, 2.24) is 5.32 Å². The normalized spacial score (nSPS) is 10.1.